The van der Waals surface area contributed by atoms with Crippen LogP contribution >= 0.6 is 11.3 Å². The van der Waals surface area contributed by atoms with Gasteiger partial charge < -0.3 is 15.5 Å². The van der Waals surface area contributed by atoms with Crippen LogP contribution in [0.4, 0.5) is 15.5 Å². The second kappa shape index (κ2) is 12.4. The van der Waals surface area contributed by atoms with Crippen LogP contribution in [0.15, 0.2) is 42.6 Å². The Morgan fingerprint density at radius 2 is 1.68 bits per heavy atom. The maximum atomic E-state index is 13.8. The van der Waals surface area contributed by atoms with E-state index in [1.807, 2.05) is 56.4 Å². The molecule has 0 aliphatic heterocycles. The molecule has 9 heteroatoms. The number of aryl methyl sites for hydroxylation is 1. The standard InChI is InChI=1S/C32H43N5O3S/c1-11-37(32(8,9)29(39)33-10)28(38)24-17-26(31(5,6)7)41-27(24)36-30(40)35-22-14-12-20(4)23(16-22)21-13-15-25(19(2)3)34-18-21/h12-19H,11H2,1-10H3,(H,33,39)(H2,35,36,40). The number of amides is 4. The van der Waals surface area contributed by atoms with E-state index in [-0.39, 0.29) is 17.2 Å². The van der Waals surface area contributed by atoms with Gasteiger partial charge in [-0.05, 0) is 74.4 Å². The van der Waals surface area contributed by atoms with Crippen molar-refractivity contribution in [2.45, 2.75) is 79.2 Å². The summed E-state index contributed by atoms with van der Waals surface area (Å²) in [5.41, 5.74) is 3.69. The molecule has 0 fully saturated rings. The van der Waals surface area contributed by atoms with E-state index in [0.29, 0.717) is 28.7 Å². The summed E-state index contributed by atoms with van der Waals surface area (Å²) < 4.78 is 0. The molecule has 1 aromatic carbocycles. The zero-order valence-electron chi connectivity index (χ0n) is 25.9. The Balaban J connectivity index is 1.91. The number of carbonyl (C=O) groups excluding carboxylic acids is 3. The Morgan fingerprint density at radius 3 is 2.22 bits per heavy atom. The first kappa shape index (κ1) is 31.8. The number of likely N-dealkylation sites (N-methyl/N-ethyl adjacent to an activating group) is 2. The summed E-state index contributed by atoms with van der Waals surface area (Å²) >= 11 is 1.36. The fourth-order valence-electron chi connectivity index (χ4n) is 4.56. The molecule has 3 rings (SSSR count). The molecule has 220 valence electrons. The molecule has 2 aromatic heterocycles. The normalized spacial score (nSPS) is 11.8. The molecular formula is C32H43N5O3S. The third kappa shape index (κ3) is 7.14. The molecule has 0 atom stereocenters. The average molecular weight is 578 g/mol. The highest BCUT2D eigenvalue weighted by Gasteiger charge is 2.38. The van der Waals surface area contributed by atoms with Crippen LogP contribution in [0.2, 0.25) is 0 Å². The van der Waals surface area contributed by atoms with E-state index >= 15 is 0 Å². The second-order valence-corrected chi connectivity index (χ2v) is 13.1. The van der Waals surface area contributed by atoms with Gasteiger partial charge in [-0.15, -0.1) is 11.3 Å². The summed E-state index contributed by atoms with van der Waals surface area (Å²) in [6.07, 6.45) is 1.86. The van der Waals surface area contributed by atoms with Crippen LogP contribution in [0.5, 0.6) is 0 Å². The van der Waals surface area contributed by atoms with Crippen LogP contribution in [0.3, 0.4) is 0 Å². The van der Waals surface area contributed by atoms with Crippen molar-refractivity contribution >= 4 is 39.9 Å². The molecule has 0 saturated heterocycles. The molecule has 4 amide bonds. The third-order valence-electron chi connectivity index (χ3n) is 7.13. The van der Waals surface area contributed by atoms with Gasteiger partial charge in [-0.25, -0.2) is 4.79 Å². The molecule has 3 aromatic rings. The molecule has 0 spiro atoms. The lowest BCUT2D eigenvalue weighted by molar-refractivity contribution is -0.129. The zero-order chi connectivity index (χ0) is 30.7. The van der Waals surface area contributed by atoms with E-state index < -0.39 is 11.6 Å². The van der Waals surface area contributed by atoms with Gasteiger partial charge in [-0.2, -0.15) is 0 Å². The predicted molar refractivity (Wildman–Crippen MR) is 169 cm³/mol. The highest BCUT2D eigenvalue weighted by atomic mass is 32.1. The number of aromatic nitrogens is 1. The molecule has 0 aliphatic rings. The van der Waals surface area contributed by atoms with Crippen molar-refractivity contribution in [3.63, 3.8) is 0 Å². The number of urea groups is 1. The Kier molecular flexibility index (Phi) is 9.64. The number of rotatable bonds is 8. The smallest absolute Gasteiger partial charge is 0.324 e. The summed E-state index contributed by atoms with van der Waals surface area (Å²) in [5.74, 6) is -0.248. The lowest BCUT2D eigenvalue weighted by Crippen LogP contribution is -2.56. The fourth-order valence-corrected chi connectivity index (χ4v) is 5.66. The van der Waals surface area contributed by atoms with Crippen molar-refractivity contribution in [3.8, 4) is 11.1 Å². The van der Waals surface area contributed by atoms with Crippen molar-refractivity contribution in [1.29, 1.82) is 0 Å². The van der Waals surface area contributed by atoms with Crippen molar-refractivity contribution in [3.05, 3.63) is 64.3 Å². The number of hydrogen-bond acceptors (Lipinski definition) is 5. The first-order chi connectivity index (χ1) is 19.1. The van der Waals surface area contributed by atoms with Crippen molar-refractivity contribution in [2.75, 3.05) is 24.2 Å². The summed E-state index contributed by atoms with van der Waals surface area (Å²) in [4.78, 5) is 46.7. The number of carbonyl (C=O) groups is 3. The second-order valence-electron chi connectivity index (χ2n) is 12.0. The maximum absolute atomic E-state index is 13.8. The minimum atomic E-state index is -1.08. The van der Waals surface area contributed by atoms with Gasteiger partial charge in [0.1, 0.15) is 10.5 Å². The van der Waals surface area contributed by atoms with Crippen molar-refractivity contribution < 1.29 is 14.4 Å². The largest absolute Gasteiger partial charge is 0.357 e. The number of thiophene rings is 1. The first-order valence-electron chi connectivity index (χ1n) is 13.9. The highest BCUT2D eigenvalue weighted by molar-refractivity contribution is 7.16. The van der Waals surface area contributed by atoms with Gasteiger partial charge >= 0.3 is 6.03 Å². The van der Waals surface area contributed by atoms with E-state index in [1.54, 1.807) is 20.9 Å². The van der Waals surface area contributed by atoms with Crippen LogP contribution in [0.25, 0.3) is 11.1 Å². The van der Waals surface area contributed by atoms with E-state index in [1.165, 1.54) is 16.2 Å². The lowest BCUT2D eigenvalue weighted by atomic mass is 9.94. The predicted octanol–water partition coefficient (Wildman–Crippen LogP) is 7.17. The SMILES string of the molecule is CCN(C(=O)c1cc(C(C)(C)C)sc1NC(=O)Nc1ccc(C)c(-c2ccc(C(C)C)nc2)c1)C(C)(C)C(=O)NC. The summed E-state index contributed by atoms with van der Waals surface area (Å²) in [5, 5.41) is 8.91. The van der Waals surface area contributed by atoms with E-state index in [9.17, 15) is 14.4 Å². The molecule has 0 unspecified atom stereocenters. The molecule has 0 radical (unpaired) electrons. The van der Waals surface area contributed by atoms with Gasteiger partial charge in [0.2, 0.25) is 5.91 Å². The van der Waals surface area contributed by atoms with E-state index in [0.717, 1.165) is 27.3 Å². The zero-order valence-corrected chi connectivity index (χ0v) is 26.7. The topological polar surface area (TPSA) is 103 Å². The number of pyridine rings is 1. The molecule has 2 heterocycles. The Bertz CT molecular complexity index is 1420. The molecule has 8 nitrogen and oxygen atoms in total. The number of benzene rings is 1. The number of nitrogens with zero attached hydrogens (tertiary/aromatic N) is 2. The minimum Gasteiger partial charge on any atom is -0.357 e. The summed E-state index contributed by atoms with van der Waals surface area (Å²) in [7, 11) is 1.55. The maximum Gasteiger partial charge on any atom is 0.324 e. The van der Waals surface area contributed by atoms with Crippen LogP contribution in [0, 0.1) is 6.92 Å². The van der Waals surface area contributed by atoms with Crippen LogP contribution in [0.1, 0.15) is 87.8 Å². The number of nitrogens with one attached hydrogen (secondary N) is 3. The fraction of sp³-hybridized carbons (Fsp3) is 0.438. The summed E-state index contributed by atoms with van der Waals surface area (Å²) in [6.45, 7) is 18.0. The monoisotopic (exact) mass is 577 g/mol. The van der Waals surface area contributed by atoms with Crippen molar-refractivity contribution in [2.24, 2.45) is 0 Å². The molecule has 0 aliphatic carbocycles. The van der Waals surface area contributed by atoms with E-state index in [4.69, 9.17) is 0 Å². The van der Waals surface area contributed by atoms with E-state index in [2.05, 4.69) is 55.6 Å². The minimum absolute atomic E-state index is 0.242. The van der Waals surface area contributed by atoms with Crippen LogP contribution < -0.4 is 16.0 Å². The van der Waals surface area contributed by atoms with Gasteiger partial charge in [-0.1, -0.05) is 46.8 Å². The summed E-state index contributed by atoms with van der Waals surface area (Å²) in [6, 6.07) is 11.2. The molecule has 0 saturated carbocycles. The number of anilines is 2. The lowest BCUT2D eigenvalue weighted by Gasteiger charge is -2.36. The van der Waals surface area contributed by atoms with Gasteiger partial charge in [0.25, 0.3) is 5.91 Å². The molecular weight excluding hydrogens is 534 g/mol. The molecule has 3 N–H and O–H groups in total. The first-order valence-corrected chi connectivity index (χ1v) is 14.7. The van der Waals surface area contributed by atoms with Gasteiger partial charge in [0.05, 0.1) is 5.56 Å². The van der Waals surface area contributed by atoms with Crippen LogP contribution in [-0.4, -0.2) is 46.9 Å². The van der Waals surface area contributed by atoms with Gasteiger partial charge in [0.15, 0.2) is 0 Å². The Hall–Kier alpha value is -3.72. The molecule has 0 bridgehead atoms. The van der Waals surface area contributed by atoms with Gasteiger partial charge in [-0.3, -0.25) is 19.9 Å². The Labute approximate surface area is 248 Å². The quantitative estimate of drug-likeness (QED) is 0.264. The van der Waals surface area contributed by atoms with Crippen molar-refractivity contribution in [1.82, 2.24) is 15.2 Å². The van der Waals surface area contributed by atoms with Gasteiger partial charge in [0, 0.05) is 41.6 Å². The Morgan fingerprint density at radius 1 is 1.00 bits per heavy atom. The van der Waals surface area contributed by atoms with Crippen LogP contribution in [-0.2, 0) is 10.2 Å². The highest BCUT2D eigenvalue weighted by Crippen LogP contribution is 2.38. The third-order valence-corrected chi connectivity index (χ3v) is 8.61. The molecule has 41 heavy (non-hydrogen) atoms. The average Bonchev–Trinajstić information content (AvgIpc) is 3.33. The number of hydrogen-bond donors (Lipinski definition) is 3.